The molecule has 0 radical (unpaired) electrons. The largest absolute Gasteiger partial charge is 0.387 e. The van der Waals surface area contributed by atoms with Gasteiger partial charge < -0.3 is 10.8 Å². The number of aromatic nitrogens is 3. The van der Waals surface area contributed by atoms with Crippen molar-refractivity contribution in [3.8, 4) is 0 Å². The summed E-state index contributed by atoms with van der Waals surface area (Å²) in [5.74, 6) is 1.53. The van der Waals surface area contributed by atoms with E-state index >= 15 is 0 Å². The summed E-state index contributed by atoms with van der Waals surface area (Å²) in [6, 6.07) is 3.76. The summed E-state index contributed by atoms with van der Waals surface area (Å²) in [6.07, 6.45) is 4.92. The van der Waals surface area contributed by atoms with E-state index in [9.17, 15) is 5.11 Å². The van der Waals surface area contributed by atoms with E-state index < -0.39 is 6.10 Å². The Morgan fingerprint density at radius 1 is 1.47 bits per heavy atom. The van der Waals surface area contributed by atoms with Crippen LogP contribution < -0.4 is 5.73 Å². The molecule has 3 rings (SSSR count). The molecule has 0 bridgehead atoms. The number of aliphatic hydroxyl groups is 1. The van der Waals surface area contributed by atoms with Crippen molar-refractivity contribution in [2.75, 3.05) is 6.54 Å². The Kier molecular flexibility index (Phi) is 2.57. The molecule has 1 aliphatic carbocycles. The maximum absolute atomic E-state index is 9.84. The van der Waals surface area contributed by atoms with Crippen molar-refractivity contribution in [1.82, 2.24) is 14.6 Å². The van der Waals surface area contributed by atoms with Gasteiger partial charge in [-0.2, -0.15) is 0 Å². The molecule has 17 heavy (non-hydrogen) atoms. The number of nitrogens with zero attached hydrogens (tertiary/aromatic N) is 3. The average molecular weight is 232 g/mol. The van der Waals surface area contributed by atoms with Gasteiger partial charge in [0, 0.05) is 24.2 Å². The number of nitrogens with two attached hydrogens (primary N) is 1. The Balaban J connectivity index is 2.11. The molecule has 3 N–H and O–H groups in total. The molecule has 1 saturated carbocycles. The minimum atomic E-state index is -0.669. The van der Waals surface area contributed by atoms with Crippen molar-refractivity contribution in [2.45, 2.75) is 31.3 Å². The Bertz CT molecular complexity index is 532. The summed E-state index contributed by atoms with van der Waals surface area (Å²) in [5.41, 5.74) is 6.98. The van der Waals surface area contributed by atoms with Crippen LogP contribution in [-0.4, -0.2) is 26.2 Å². The molecule has 1 atom stereocenters. The second-order valence-electron chi connectivity index (χ2n) is 4.59. The van der Waals surface area contributed by atoms with E-state index in [1.165, 1.54) is 19.3 Å². The highest BCUT2D eigenvalue weighted by Gasteiger charge is 2.25. The molecule has 1 fully saturated rings. The van der Waals surface area contributed by atoms with E-state index in [2.05, 4.69) is 10.2 Å². The summed E-state index contributed by atoms with van der Waals surface area (Å²) >= 11 is 0. The van der Waals surface area contributed by atoms with E-state index in [0.29, 0.717) is 5.92 Å². The van der Waals surface area contributed by atoms with Gasteiger partial charge in [0.15, 0.2) is 5.65 Å². The summed E-state index contributed by atoms with van der Waals surface area (Å²) in [4.78, 5) is 0. The van der Waals surface area contributed by atoms with Gasteiger partial charge >= 0.3 is 0 Å². The van der Waals surface area contributed by atoms with Gasteiger partial charge in [-0.15, -0.1) is 10.2 Å². The average Bonchev–Trinajstić information content (AvgIpc) is 2.70. The molecule has 5 heteroatoms. The van der Waals surface area contributed by atoms with Crippen LogP contribution >= 0.6 is 0 Å². The summed E-state index contributed by atoms with van der Waals surface area (Å²) in [5, 5.41) is 18.3. The molecule has 0 saturated heterocycles. The van der Waals surface area contributed by atoms with Gasteiger partial charge in [0.1, 0.15) is 5.82 Å². The molecule has 0 aromatic carbocycles. The zero-order valence-corrected chi connectivity index (χ0v) is 9.58. The molecule has 2 aromatic heterocycles. The molecule has 1 aliphatic rings. The minimum Gasteiger partial charge on any atom is -0.387 e. The number of aliphatic hydroxyl groups excluding tert-OH is 1. The molecular weight excluding hydrogens is 216 g/mol. The van der Waals surface area contributed by atoms with Gasteiger partial charge in [0.05, 0.1) is 6.10 Å². The van der Waals surface area contributed by atoms with E-state index in [-0.39, 0.29) is 6.54 Å². The topological polar surface area (TPSA) is 76.4 Å². The number of rotatable bonds is 3. The Morgan fingerprint density at radius 3 is 2.94 bits per heavy atom. The molecule has 0 spiro atoms. The monoisotopic (exact) mass is 232 g/mol. The van der Waals surface area contributed by atoms with Gasteiger partial charge in [0.2, 0.25) is 0 Å². The van der Waals surface area contributed by atoms with Gasteiger partial charge in [-0.1, -0.05) is 12.5 Å². The Morgan fingerprint density at radius 2 is 2.29 bits per heavy atom. The third-order valence-corrected chi connectivity index (χ3v) is 3.54. The number of hydrogen-bond donors (Lipinski definition) is 2. The predicted molar refractivity (Wildman–Crippen MR) is 63.6 cm³/mol. The van der Waals surface area contributed by atoms with Crippen molar-refractivity contribution in [2.24, 2.45) is 5.73 Å². The van der Waals surface area contributed by atoms with Gasteiger partial charge in [-0.05, 0) is 18.9 Å². The second-order valence-corrected chi connectivity index (χ2v) is 4.59. The van der Waals surface area contributed by atoms with Crippen LogP contribution in [0.3, 0.4) is 0 Å². The minimum absolute atomic E-state index is 0.200. The SMILES string of the molecule is NCC(O)c1cccn2c(C3CCC3)nnc12. The van der Waals surface area contributed by atoms with E-state index in [4.69, 9.17) is 5.73 Å². The lowest BCUT2D eigenvalue weighted by molar-refractivity contribution is 0.187. The zero-order valence-electron chi connectivity index (χ0n) is 9.58. The fourth-order valence-electron chi connectivity index (χ4n) is 2.29. The van der Waals surface area contributed by atoms with Crippen LogP contribution in [0.1, 0.15) is 42.7 Å². The lowest BCUT2D eigenvalue weighted by atomic mass is 9.85. The highest BCUT2D eigenvalue weighted by molar-refractivity contribution is 5.49. The van der Waals surface area contributed by atoms with Gasteiger partial charge in [-0.3, -0.25) is 4.40 Å². The third kappa shape index (κ3) is 1.62. The van der Waals surface area contributed by atoms with Crippen LogP contribution in [0.5, 0.6) is 0 Å². The van der Waals surface area contributed by atoms with Crippen molar-refractivity contribution in [1.29, 1.82) is 0 Å². The first-order valence-corrected chi connectivity index (χ1v) is 6.03. The van der Waals surface area contributed by atoms with Crippen LogP contribution in [0.15, 0.2) is 18.3 Å². The highest BCUT2D eigenvalue weighted by Crippen LogP contribution is 2.35. The predicted octanol–water partition coefficient (Wildman–Crippen LogP) is 0.989. The fourth-order valence-corrected chi connectivity index (χ4v) is 2.29. The normalized spacial score (nSPS) is 18.2. The molecule has 1 unspecified atom stereocenters. The first kappa shape index (κ1) is 10.7. The molecule has 5 nitrogen and oxygen atoms in total. The van der Waals surface area contributed by atoms with E-state index in [1.54, 1.807) is 0 Å². The number of hydrogen-bond acceptors (Lipinski definition) is 4. The maximum atomic E-state index is 9.84. The number of fused-ring (bicyclic) bond motifs is 1. The van der Waals surface area contributed by atoms with Crippen molar-refractivity contribution < 1.29 is 5.11 Å². The first-order chi connectivity index (χ1) is 8.31. The lowest BCUT2D eigenvalue weighted by Crippen LogP contribution is -2.14. The summed E-state index contributed by atoms with van der Waals surface area (Å²) in [7, 11) is 0. The molecule has 0 aliphatic heterocycles. The fraction of sp³-hybridized carbons (Fsp3) is 0.500. The smallest absolute Gasteiger partial charge is 0.166 e. The maximum Gasteiger partial charge on any atom is 0.166 e. The first-order valence-electron chi connectivity index (χ1n) is 6.03. The van der Waals surface area contributed by atoms with Crippen molar-refractivity contribution >= 4 is 5.65 Å². The van der Waals surface area contributed by atoms with Crippen LogP contribution in [-0.2, 0) is 0 Å². The summed E-state index contributed by atoms with van der Waals surface area (Å²) in [6.45, 7) is 0.200. The van der Waals surface area contributed by atoms with Crippen LogP contribution in [0, 0.1) is 0 Å². The van der Waals surface area contributed by atoms with E-state index in [0.717, 1.165) is 17.0 Å². The molecule has 2 heterocycles. The third-order valence-electron chi connectivity index (χ3n) is 3.54. The molecule has 2 aromatic rings. The highest BCUT2D eigenvalue weighted by atomic mass is 16.3. The lowest BCUT2D eigenvalue weighted by Gasteiger charge is -2.23. The van der Waals surface area contributed by atoms with Crippen LogP contribution in [0.4, 0.5) is 0 Å². The molecule has 0 amide bonds. The summed E-state index contributed by atoms with van der Waals surface area (Å²) < 4.78 is 1.98. The number of pyridine rings is 1. The quantitative estimate of drug-likeness (QED) is 0.827. The standard InChI is InChI=1S/C12H16N4O/c13-7-10(17)9-5-2-6-16-11(8-3-1-4-8)14-15-12(9)16/h2,5-6,8,10,17H,1,3-4,7,13H2. The van der Waals surface area contributed by atoms with Crippen LogP contribution in [0.2, 0.25) is 0 Å². The zero-order chi connectivity index (χ0) is 11.8. The molecular formula is C12H16N4O. The van der Waals surface area contributed by atoms with Crippen molar-refractivity contribution in [3.63, 3.8) is 0 Å². The van der Waals surface area contributed by atoms with Gasteiger partial charge in [-0.25, -0.2) is 0 Å². The van der Waals surface area contributed by atoms with Gasteiger partial charge in [0.25, 0.3) is 0 Å². The molecule has 90 valence electrons. The van der Waals surface area contributed by atoms with Crippen LogP contribution in [0.25, 0.3) is 5.65 Å². The Hall–Kier alpha value is -1.46. The van der Waals surface area contributed by atoms with Crippen molar-refractivity contribution in [3.05, 3.63) is 29.7 Å². The van der Waals surface area contributed by atoms with E-state index in [1.807, 2.05) is 22.7 Å². The second kappa shape index (κ2) is 4.09. The Labute approximate surface area is 99.3 Å².